The molecular weight excluding hydrogens is 394 g/mol. The lowest BCUT2D eigenvalue weighted by molar-refractivity contribution is -0.387. The van der Waals surface area contributed by atoms with Crippen molar-refractivity contribution >= 4 is 25.7 Å². The molecule has 0 unspecified atom stereocenters. The number of benzene rings is 2. The Balaban J connectivity index is 2.26. The van der Waals surface area contributed by atoms with Gasteiger partial charge in [0.2, 0.25) is 20.0 Å². The van der Waals surface area contributed by atoms with Crippen LogP contribution in [0.5, 0.6) is 0 Å². The zero-order valence-corrected chi connectivity index (χ0v) is 16.3. The molecule has 146 valence electrons. The summed E-state index contributed by atoms with van der Waals surface area (Å²) >= 11 is 0. The van der Waals surface area contributed by atoms with Crippen LogP contribution in [0.15, 0.2) is 47.4 Å². The van der Waals surface area contributed by atoms with Gasteiger partial charge in [-0.3, -0.25) is 10.1 Å². The number of aryl methyl sites for hydroxylation is 1. The maximum atomic E-state index is 12.6. The standard InChI is InChI=1S/C16H19N3O6S2/c1-12-5-3-8-15(19(20)21)16(12)27(24,25)18-10-13-6-4-7-14(9-13)11-26(22,23)17-2/h3-9,17-18H,10-11H2,1-2H3. The number of nitro groups is 1. The molecule has 0 aromatic heterocycles. The molecule has 0 amide bonds. The largest absolute Gasteiger partial charge is 0.289 e. The predicted octanol–water partition coefficient (Wildman–Crippen LogP) is 1.43. The highest BCUT2D eigenvalue weighted by atomic mass is 32.2. The highest BCUT2D eigenvalue weighted by molar-refractivity contribution is 7.89. The molecule has 0 saturated carbocycles. The Morgan fingerprint density at radius 1 is 1.04 bits per heavy atom. The summed E-state index contributed by atoms with van der Waals surface area (Å²) in [5.74, 6) is -0.243. The van der Waals surface area contributed by atoms with E-state index in [-0.39, 0.29) is 22.8 Å². The number of nitrogens with one attached hydrogen (secondary N) is 2. The molecule has 0 fully saturated rings. The summed E-state index contributed by atoms with van der Waals surface area (Å²) in [5.41, 5.74) is 0.767. The van der Waals surface area contributed by atoms with Gasteiger partial charge in [-0.15, -0.1) is 0 Å². The third-order valence-corrected chi connectivity index (χ3v) is 6.71. The van der Waals surface area contributed by atoms with Crippen molar-refractivity contribution in [3.05, 3.63) is 69.3 Å². The molecule has 2 N–H and O–H groups in total. The Bertz CT molecular complexity index is 1070. The van der Waals surface area contributed by atoms with Crippen LogP contribution >= 0.6 is 0 Å². The number of hydrogen-bond acceptors (Lipinski definition) is 6. The number of nitro benzene ring substituents is 1. The molecule has 0 atom stereocenters. The highest BCUT2D eigenvalue weighted by Crippen LogP contribution is 2.26. The van der Waals surface area contributed by atoms with Crippen molar-refractivity contribution in [3.8, 4) is 0 Å². The van der Waals surface area contributed by atoms with Gasteiger partial charge in [0.1, 0.15) is 0 Å². The van der Waals surface area contributed by atoms with E-state index in [1.807, 2.05) is 0 Å². The summed E-state index contributed by atoms with van der Waals surface area (Å²) in [5, 5.41) is 11.2. The van der Waals surface area contributed by atoms with Gasteiger partial charge >= 0.3 is 0 Å². The lowest BCUT2D eigenvalue weighted by atomic mass is 10.1. The first-order valence-corrected chi connectivity index (χ1v) is 10.9. The summed E-state index contributed by atoms with van der Waals surface area (Å²) in [6.07, 6.45) is 0. The molecule has 0 aliphatic heterocycles. The molecule has 0 radical (unpaired) electrons. The zero-order valence-electron chi connectivity index (χ0n) is 14.7. The second kappa shape index (κ2) is 8.13. The van der Waals surface area contributed by atoms with E-state index in [0.717, 1.165) is 6.07 Å². The molecule has 0 spiro atoms. The van der Waals surface area contributed by atoms with Gasteiger partial charge in [-0.1, -0.05) is 36.4 Å². The van der Waals surface area contributed by atoms with Gasteiger partial charge in [0.25, 0.3) is 5.69 Å². The van der Waals surface area contributed by atoms with Gasteiger partial charge in [-0.05, 0) is 30.7 Å². The molecule has 2 rings (SSSR count). The van der Waals surface area contributed by atoms with E-state index in [0.29, 0.717) is 11.1 Å². The molecule has 9 nitrogen and oxygen atoms in total. The first kappa shape index (κ1) is 21.0. The van der Waals surface area contributed by atoms with Gasteiger partial charge in [0.05, 0.1) is 10.7 Å². The molecule has 0 aliphatic carbocycles. The molecule has 0 saturated heterocycles. The highest BCUT2D eigenvalue weighted by Gasteiger charge is 2.27. The minimum Gasteiger partial charge on any atom is -0.258 e. The van der Waals surface area contributed by atoms with Crippen LogP contribution in [0.3, 0.4) is 0 Å². The van der Waals surface area contributed by atoms with E-state index >= 15 is 0 Å². The minimum atomic E-state index is -4.14. The van der Waals surface area contributed by atoms with Crippen molar-refractivity contribution < 1.29 is 21.8 Å². The number of nitrogens with zero attached hydrogens (tertiary/aromatic N) is 1. The summed E-state index contributed by atoms with van der Waals surface area (Å²) < 4.78 is 53.0. The molecule has 2 aromatic carbocycles. The molecule has 11 heteroatoms. The quantitative estimate of drug-likeness (QED) is 0.496. The van der Waals surface area contributed by atoms with E-state index in [1.165, 1.54) is 26.1 Å². The van der Waals surface area contributed by atoms with Crippen LogP contribution in [0, 0.1) is 17.0 Å². The summed E-state index contributed by atoms with van der Waals surface area (Å²) in [7, 11) is -6.29. The Kier molecular flexibility index (Phi) is 6.31. The smallest absolute Gasteiger partial charge is 0.258 e. The third kappa shape index (κ3) is 5.32. The lowest BCUT2D eigenvalue weighted by Crippen LogP contribution is -2.25. The van der Waals surface area contributed by atoms with Crippen LogP contribution in [0.2, 0.25) is 0 Å². The zero-order chi connectivity index (χ0) is 20.2. The Morgan fingerprint density at radius 2 is 1.67 bits per heavy atom. The third-order valence-electron chi connectivity index (χ3n) is 3.78. The molecule has 2 aromatic rings. The predicted molar refractivity (Wildman–Crippen MR) is 100.0 cm³/mol. The Labute approximate surface area is 157 Å². The summed E-state index contributed by atoms with van der Waals surface area (Å²) in [6.45, 7) is 1.34. The first-order valence-electron chi connectivity index (χ1n) is 7.78. The van der Waals surface area contributed by atoms with Gasteiger partial charge in [-0.25, -0.2) is 26.3 Å². The van der Waals surface area contributed by atoms with Crippen LogP contribution in [-0.4, -0.2) is 28.8 Å². The summed E-state index contributed by atoms with van der Waals surface area (Å²) in [4.78, 5) is 10.0. The normalized spacial score (nSPS) is 12.1. The van der Waals surface area contributed by atoms with Crippen LogP contribution in [0.25, 0.3) is 0 Å². The number of hydrogen-bond donors (Lipinski definition) is 2. The molecule has 0 aliphatic rings. The van der Waals surface area contributed by atoms with Crippen LogP contribution in [0.4, 0.5) is 5.69 Å². The Hall–Kier alpha value is -2.34. The fourth-order valence-electron chi connectivity index (χ4n) is 2.50. The molecule has 0 bridgehead atoms. The first-order chi connectivity index (χ1) is 12.6. The van der Waals surface area contributed by atoms with Gasteiger partial charge in [0, 0.05) is 12.6 Å². The summed E-state index contributed by atoms with van der Waals surface area (Å²) in [6, 6.07) is 10.4. The van der Waals surface area contributed by atoms with Crippen molar-refractivity contribution in [2.75, 3.05) is 7.05 Å². The van der Waals surface area contributed by atoms with Crippen molar-refractivity contribution in [1.29, 1.82) is 0 Å². The van der Waals surface area contributed by atoms with Crippen molar-refractivity contribution in [2.24, 2.45) is 0 Å². The maximum Gasteiger partial charge on any atom is 0.289 e. The van der Waals surface area contributed by atoms with Crippen molar-refractivity contribution in [1.82, 2.24) is 9.44 Å². The van der Waals surface area contributed by atoms with E-state index in [2.05, 4.69) is 9.44 Å². The van der Waals surface area contributed by atoms with Crippen LogP contribution < -0.4 is 9.44 Å². The minimum absolute atomic E-state index is 0.138. The fourth-order valence-corrected chi connectivity index (χ4v) is 4.68. The average molecular weight is 413 g/mol. The second-order valence-corrected chi connectivity index (χ2v) is 9.42. The maximum absolute atomic E-state index is 12.6. The van der Waals surface area contributed by atoms with E-state index in [4.69, 9.17) is 0 Å². The van der Waals surface area contributed by atoms with Gasteiger partial charge < -0.3 is 0 Å². The second-order valence-electron chi connectivity index (χ2n) is 5.79. The van der Waals surface area contributed by atoms with Crippen molar-refractivity contribution in [2.45, 2.75) is 24.1 Å². The Morgan fingerprint density at radius 3 is 2.30 bits per heavy atom. The number of sulfonamides is 2. The monoisotopic (exact) mass is 413 g/mol. The fraction of sp³-hybridized carbons (Fsp3) is 0.250. The van der Waals surface area contributed by atoms with Crippen molar-refractivity contribution in [3.63, 3.8) is 0 Å². The average Bonchev–Trinajstić information content (AvgIpc) is 2.59. The van der Waals surface area contributed by atoms with Crippen LogP contribution in [0.1, 0.15) is 16.7 Å². The number of rotatable bonds is 8. The molecule has 27 heavy (non-hydrogen) atoms. The molecular formula is C16H19N3O6S2. The van der Waals surface area contributed by atoms with E-state index < -0.39 is 30.7 Å². The van der Waals surface area contributed by atoms with E-state index in [1.54, 1.807) is 24.3 Å². The van der Waals surface area contributed by atoms with Gasteiger partial charge in [-0.2, -0.15) is 0 Å². The lowest BCUT2D eigenvalue weighted by Gasteiger charge is -2.10. The van der Waals surface area contributed by atoms with Crippen LogP contribution in [-0.2, 0) is 32.3 Å². The SMILES string of the molecule is CNS(=O)(=O)Cc1cccc(CNS(=O)(=O)c2c(C)cccc2[N+](=O)[O-])c1. The molecule has 0 heterocycles. The van der Waals surface area contributed by atoms with Gasteiger partial charge in [0.15, 0.2) is 4.90 Å². The topological polar surface area (TPSA) is 135 Å². The van der Waals surface area contributed by atoms with E-state index in [9.17, 15) is 26.9 Å².